The SMILES string of the molecule is SNC1COC1. The van der Waals surface area contributed by atoms with Crippen LogP contribution in [0.3, 0.4) is 0 Å². The van der Waals surface area contributed by atoms with Crippen LogP contribution in [-0.4, -0.2) is 19.3 Å². The smallest absolute Gasteiger partial charge is 0.0651 e. The summed E-state index contributed by atoms with van der Waals surface area (Å²) in [5, 5.41) is 0. The minimum atomic E-state index is 0.508. The van der Waals surface area contributed by atoms with Gasteiger partial charge in [-0.25, -0.2) is 0 Å². The standard InChI is InChI=1S/C3H7NOS/c6-4-3-1-5-2-3/h3-4,6H,1-2H2. The fourth-order valence-electron chi connectivity index (χ4n) is 0.310. The quantitative estimate of drug-likeness (QED) is 0.451. The third-order valence-corrected chi connectivity index (χ3v) is 1.19. The molecule has 6 heavy (non-hydrogen) atoms. The fraction of sp³-hybridized carbons (Fsp3) is 1.00. The van der Waals surface area contributed by atoms with Crippen molar-refractivity contribution in [2.75, 3.05) is 13.2 Å². The van der Waals surface area contributed by atoms with Crippen LogP contribution in [0.1, 0.15) is 0 Å². The van der Waals surface area contributed by atoms with Crippen molar-refractivity contribution in [3.63, 3.8) is 0 Å². The summed E-state index contributed by atoms with van der Waals surface area (Å²) >= 11 is 3.82. The van der Waals surface area contributed by atoms with Gasteiger partial charge in [0, 0.05) is 0 Å². The van der Waals surface area contributed by atoms with Gasteiger partial charge in [0.15, 0.2) is 0 Å². The molecule has 2 nitrogen and oxygen atoms in total. The van der Waals surface area contributed by atoms with Crippen LogP contribution in [0.25, 0.3) is 0 Å². The highest BCUT2D eigenvalue weighted by Gasteiger charge is 2.14. The van der Waals surface area contributed by atoms with Gasteiger partial charge in [0.1, 0.15) is 0 Å². The molecule has 0 aromatic carbocycles. The van der Waals surface area contributed by atoms with E-state index in [0.29, 0.717) is 6.04 Å². The molecule has 0 unspecified atom stereocenters. The molecular formula is C3H7NOS. The lowest BCUT2D eigenvalue weighted by Gasteiger charge is -2.23. The van der Waals surface area contributed by atoms with Crippen molar-refractivity contribution >= 4 is 12.8 Å². The molecule has 0 saturated carbocycles. The average molecular weight is 105 g/mol. The Labute approximate surface area is 42.4 Å². The van der Waals surface area contributed by atoms with Gasteiger partial charge in [0.2, 0.25) is 0 Å². The zero-order valence-electron chi connectivity index (χ0n) is 3.35. The summed E-state index contributed by atoms with van der Waals surface area (Å²) in [4.78, 5) is 0. The van der Waals surface area contributed by atoms with Gasteiger partial charge in [-0.1, -0.05) is 12.8 Å². The molecule has 1 N–H and O–H groups in total. The summed E-state index contributed by atoms with van der Waals surface area (Å²) in [5.41, 5.74) is 0. The number of thiol groups is 1. The summed E-state index contributed by atoms with van der Waals surface area (Å²) in [6.45, 7) is 1.65. The highest BCUT2D eigenvalue weighted by atomic mass is 32.1. The number of nitrogens with one attached hydrogen (secondary N) is 1. The van der Waals surface area contributed by atoms with Crippen molar-refractivity contribution in [2.45, 2.75) is 6.04 Å². The monoisotopic (exact) mass is 105 g/mol. The summed E-state index contributed by atoms with van der Waals surface area (Å²) in [5.74, 6) is 0. The summed E-state index contributed by atoms with van der Waals surface area (Å²) < 4.78 is 7.59. The van der Waals surface area contributed by atoms with Crippen LogP contribution in [0, 0.1) is 0 Å². The molecule has 1 aliphatic heterocycles. The zero-order valence-corrected chi connectivity index (χ0v) is 4.24. The number of hydrogen-bond acceptors (Lipinski definition) is 3. The van der Waals surface area contributed by atoms with Crippen LogP contribution in [0.5, 0.6) is 0 Å². The van der Waals surface area contributed by atoms with Crippen molar-refractivity contribution in [2.24, 2.45) is 0 Å². The molecule has 0 aliphatic carbocycles. The van der Waals surface area contributed by atoms with Crippen molar-refractivity contribution < 1.29 is 4.74 Å². The predicted molar refractivity (Wildman–Crippen MR) is 26.7 cm³/mol. The minimum Gasteiger partial charge on any atom is -0.378 e. The van der Waals surface area contributed by atoms with Crippen LogP contribution in [-0.2, 0) is 4.74 Å². The Morgan fingerprint density at radius 2 is 2.33 bits per heavy atom. The lowest BCUT2D eigenvalue weighted by molar-refractivity contribution is 0.00625. The van der Waals surface area contributed by atoms with Crippen molar-refractivity contribution in [1.29, 1.82) is 0 Å². The van der Waals surface area contributed by atoms with Gasteiger partial charge >= 0.3 is 0 Å². The van der Waals surface area contributed by atoms with E-state index in [2.05, 4.69) is 17.5 Å². The molecule has 1 saturated heterocycles. The first-order valence-electron chi connectivity index (χ1n) is 1.91. The molecule has 0 aromatic heterocycles. The highest BCUT2D eigenvalue weighted by molar-refractivity contribution is 7.78. The van der Waals surface area contributed by atoms with Crippen molar-refractivity contribution in [3.05, 3.63) is 0 Å². The second-order valence-corrected chi connectivity index (χ2v) is 1.62. The van der Waals surface area contributed by atoms with Gasteiger partial charge < -0.3 is 4.74 Å². The molecule has 0 amide bonds. The third-order valence-electron chi connectivity index (χ3n) is 0.821. The lowest BCUT2D eigenvalue weighted by atomic mass is 10.3. The molecule has 0 bridgehead atoms. The van der Waals surface area contributed by atoms with E-state index in [4.69, 9.17) is 4.74 Å². The molecule has 1 rings (SSSR count). The van der Waals surface area contributed by atoms with Crippen LogP contribution < -0.4 is 4.72 Å². The molecular weight excluding hydrogens is 98.1 g/mol. The van der Waals surface area contributed by atoms with Gasteiger partial charge in [0.05, 0.1) is 19.3 Å². The van der Waals surface area contributed by atoms with E-state index in [1.807, 2.05) is 0 Å². The minimum absolute atomic E-state index is 0.508. The topological polar surface area (TPSA) is 21.3 Å². The van der Waals surface area contributed by atoms with E-state index in [9.17, 15) is 0 Å². The Hall–Kier alpha value is 0.270. The molecule has 1 heterocycles. The second-order valence-electron chi connectivity index (χ2n) is 1.36. The van der Waals surface area contributed by atoms with Crippen molar-refractivity contribution in [1.82, 2.24) is 4.72 Å². The van der Waals surface area contributed by atoms with Gasteiger partial charge in [0.25, 0.3) is 0 Å². The van der Waals surface area contributed by atoms with Gasteiger partial charge in [-0.05, 0) is 0 Å². The van der Waals surface area contributed by atoms with Gasteiger partial charge in [-0.3, -0.25) is 4.72 Å². The molecule has 36 valence electrons. The highest BCUT2D eigenvalue weighted by Crippen LogP contribution is 1.98. The average Bonchev–Trinajstić information content (AvgIpc) is 1.31. The molecule has 1 aliphatic rings. The summed E-state index contributed by atoms with van der Waals surface area (Å²) in [6.07, 6.45) is 0. The van der Waals surface area contributed by atoms with Crippen LogP contribution >= 0.6 is 12.8 Å². The van der Waals surface area contributed by atoms with E-state index < -0.39 is 0 Å². The Morgan fingerprint density at radius 1 is 1.67 bits per heavy atom. The number of ether oxygens (including phenoxy) is 1. The largest absolute Gasteiger partial charge is 0.378 e. The number of hydrogen-bond donors (Lipinski definition) is 2. The maximum Gasteiger partial charge on any atom is 0.0651 e. The first kappa shape index (κ1) is 4.43. The van der Waals surface area contributed by atoms with Crippen molar-refractivity contribution in [3.8, 4) is 0 Å². The normalized spacial score (nSPS) is 23.5. The first-order valence-corrected chi connectivity index (χ1v) is 2.35. The summed E-state index contributed by atoms with van der Waals surface area (Å²) in [6, 6.07) is 0.508. The molecule has 3 heteroatoms. The van der Waals surface area contributed by atoms with E-state index >= 15 is 0 Å². The van der Waals surface area contributed by atoms with Crippen LogP contribution in [0.4, 0.5) is 0 Å². The Bertz CT molecular complexity index is 43.3. The Morgan fingerprint density at radius 3 is 2.33 bits per heavy atom. The zero-order chi connectivity index (χ0) is 4.41. The van der Waals surface area contributed by atoms with Gasteiger partial charge in [-0.2, -0.15) is 0 Å². The van der Waals surface area contributed by atoms with Gasteiger partial charge in [-0.15, -0.1) is 0 Å². The second kappa shape index (κ2) is 1.82. The summed E-state index contributed by atoms with van der Waals surface area (Å²) in [7, 11) is 0. The van der Waals surface area contributed by atoms with E-state index in [-0.39, 0.29) is 0 Å². The fourth-order valence-corrected chi connectivity index (χ4v) is 0.459. The molecule has 0 atom stereocenters. The maximum absolute atomic E-state index is 4.81. The van der Waals surface area contributed by atoms with E-state index in [1.54, 1.807) is 0 Å². The molecule has 1 fully saturated rings. The Balaban J connectivity index is 2.01. The molecule has 0 spiro atoms. The third kappa shape index (κ3) is 0.668. The van der Waals surface area contributed by atoms with Crippen LogP contribution in [0.2, 0.25) is 0 Å². The maximum atomic E-state index is 4.81. The number of rotatable bonds is 1. The van der Waals surface area contributed by atoms with E-state index in [1.165, 1.54) is 0 Å². The predicted octanol–water partition coefficient (Wildman–Crippen LogP) is -0.180. The van der Waals surface area contributed by atoms with E-state index in [0.717, 1.165) is 13.2 Å². The Kier molecular flexibility index (Phi) is 1.34. The lowest BCUT2D eigenvalue weighted by Crippen LogP contribution is -2.41. The first-order chi connectivity index (χ1) is 2.93. The van der Waals surface area contributed by atoms with Crippen LogP contribution in [0.15, 0.2) is 0 Å². The molecule has 0 aromatic rings. The molecule has 0 radical (unpaired) electrons.